The number of aliphatic carboxylic acids is 1. The van der Waals surface area contributed by atoms with Gasteiger partial charge in [-0.3, -0.25) is 4.79 Å². The van der Waals surface area contributed by atoms with E-state index in [0.717, 1.165) is 12.8 Å². The molecule has 5 nitrogen and oxygen atoms in total. The van der Waals surface area contributed by atoms with Crippen molar-refractivity contribution in [1.82, 2.24) is 4.90 Å². The molecule has 5 heteroatoms. The van der Waals surface area contributed by atoms with Gasteiger partial charge in [0.15, 0.2) is 0 Å². The minimum atomic E-state index is -0.735. The van der Waals surface area contributed by atoms with Crippen LogP contribution in [0.4, 0.5) is 4.79 Å². The molecule has 108 valence electrons. The number of carbonyl (C=O) groups is 2. The topological polar surface area (TPSA) is 66.8 Å². The molecule has 2 rings (SSSR count). The van der Waals surface area contributed by atoms with Gasteiger partial charge in [0, 0.05) is 19.5 Å². The van der Waals surface area contributed by atoms with Gasteiger partial charge in [-0.25, -0.2) is 4.79 Å². The number of rotatable bonds is 2. The fraction of sp³-hybridized carbons (Fsp3) is 0.857. The first-order chi connectivity index (χ1) is 8.74. The highest BCUT2D eigenvalue weighted by molar-refractivity contribution is 5.69. The van der Waals surface area contributed by atoms with E-state index in [1.165, 1.54) is 0 Å². The molecule has 2 bridgehead atoms. The summed E-state index contributed by atoms with van der Waals surface area (Å²) >= 11 is 0. The predicted octanol–water partition coefficient (Wildman–Crippen LogP) is 2.35. The number of carboxylic acids is 1. The fourth-order valence-corrected chi connectivity index (χ4v) is 3.33. The minimum absolute atomic E-state index is 0.218. The van der Waals surface area contributed by atoms with Crippen LogP contribution < -0.4 is 0 Å². The number of carbonyl (C=O) groups excluding carboxylic acids is 1. The van der Waals surface area contributed by atoms with Gasteiger partial charge in [0.1, 0.15) is 5.60 Å². The lowest BCUT2D eigenvalue weighted by atomic mass is 9.92. The standard InChI is InChI=1S/C14H23NO4/c1-14(2,3)19-13(18)15-7-9-4-10(6-12(16)17)11(5-9)8-15/h9-11H,4-8H2,1-3H3,(H,16,17)/t9-,10-,11+/m1/s1. The lowest BCUT2D eigenvalue weighted by molar-refractivity contribution is -0.138. The monoisotopic (exact) mass is 269 g/mol. The van der Waals surface area contributed by atoms with Crippen molar-refractivity contribution in [3.05, 3.63) is 0 Å². The zero-order valence-electron chi connectivity index (χ0n) is 11.9. The first kappa shape index (κ1) is 14.2. The Labute approximate surface area is 113 Å². The van der Waals surface area contributed by atoms with E-state index >= 15 is 0 Å². The van der Waals surface area contributed by atoms with Crippen molar-refractivity contribution in [3.63, 3.8) is 0 Å². The van der Waals surface area contributed by atoms with Gasteiger partial charge < -0.3 is 14.7 Å². The van der Waals surface area contributed by atoms with Crippen LogP contribution in [0.2, 0.25) is 0 Å². The molecule has 1 aliphatic carbocycles. The molecule has 1 saturated carbocycles. The summed E-state index contributed by atoms with van der Waals surface area (Å²) in [6.45, 7) is 6.93. The van der Waals surface area contributed by atoms with Gasteiger partial charge in [0.2, 0.25) is 0 Å². The van der Waals surface area contributed by atoms with Crippen LogP contribution in [0.3, 0.4) is 0 Å². The van der Waals surface area contributed by atoms with E-state index in [2.05, 4.69) is 0 Å². The van der Waals surface area contributed by atoms with Crippen LogP contribution in [0.1, 0.15) is 40.0 Å². The molecular weight excluding hydrogens is 246 g/mol. The zero-order valence-corrected chi connectivity index (χ0v) is 11.9. The molecule has 0 unspecified atom stereocenters. The molecule has 1 heterocycles. The molecule has 0 aromatic heterocycles. The van der Waals surface area contributed by atoms with Crippen LogP contribution >= 0.6 is 0 Å². The summed E-state index contributed by atoms with van der Waals surface area (Å²) in [4.78, 5) is 24.6. The van der Waals surface area contributed by atoms with E-state index in [0.29, 0.717) is 24.9 Å². The van der Waals surface area contributed by atoms with Gasteiger partial charge in [-0.2, -0.15) is 0 Å². The number of piperidine rings is 1. The summed E-state index contributed by atoms with van der Waals surface area (Å²) in [6.07, 6.45) is 1.94. The number of amides is 1. The highest BCUT2D eigenvalue weighted by Crippen LogP contribution is 2.42. The maximum absolute atomic E-state index is 12.0. The van der Waals surface area contributed by atoms with Crippen molar-refractivity contribution in [2.24, 2.45) is 17.8 Å². The van der Waals surface area contributed by atoms with E-state index < -0.39 is 11.6 Å². The van der Waals surface area contributed by atoms with Crippen LogP contribution in [0, 0.1) is 17.8 Å². The van der Waals surface area contributed by atoms with Crippen molar-refractivity contribution in [1.29, 1.82) is 0 Å². The van der Waals surface area contributed by atoms with Crippen LogP contribution in [-0.4, -0.2) is 40.8 Å². The Kier molecular flexibility index (Phi) is 3.74. The Hall–Kier alpha value is -1.26. The summed E-state index contributed by atoms with van der Waals surface area (Å²) < 4.78 is 5.39. The Morgan fingerprint density at radius 1 is 1.26 bits per heavy atom. The molecule has 1 N–H and O–H groups in total. The van der Waals surface area contributed by atoms with Crippen molar-refractivity contribution in [2.45, 2.75) is 45.6 Å². The molecule has 2 fully saturated rings. The molecule has 19 heavy (non-hydrogen) atoms. The lowest BCUT2D eigenvalue weighted by Gasteiger charge is -2.34. The number of hydrogen-bond acceptors (Lipinski definition) is 3. The van der Waals surface area contributed by atoms with Gasteiger partial charge in [-0.05, 0) is 51.4 Å². The van der Waals surface area contributed by atoms with Gasteiger partial charge in [0.05, 0.1) is 0 Å². The van der Waals surface area contributed by atoms with Crippen molar-refractivity contribution < 1.29 is 19.4 Å². The molecular formula is C14H23NO4. The molecule has 1 amide bonds. The number of carboxylic acid groups (broad SMARTS) is 1. The third-order valence-electron chi connectivity index (χ3n) is 3.96. The number of nitrogens with zero attached hydrogens (tertiary/aromatic N) is 1. The summed E-state index contributed by atoms with van der Waals surface area (Å²) in [6, 6.07) is 0. The van der Waals surface area contributed by atoms with Crippen LogP contribution in [0.15, 0.2) is 0 Å². The van der Waals surface area contributed by atoms with Crippen molar-refractivity contribution in [2.75, 3.05) is 13.1 Å². The van der Waals surface area contributed by atoms with E-state index in [1.807, 2.05) is 20.8 Å². The molecule has 1 aliphatic heterocycles. The summed E-state index contributed by atoms with van der Waals surface area (Å²) in [5.74, 6) is 0.245. The van der Waals surface area contributed by atoms with Gasteiger partial charge >= 0.3 is 12.1 Å². The molecule has 0 radical (unpaired) electrons. The van der Waals surface area contributed by atoms with E-state index in [1.54, 1.807) is 4.90 Å². The molecule has 3 atom stereocenters. The number of ether oxygens (including phenoxy) is 1. The minimum Gasteiger partial charge on any atom is -0.481 e. The van der Waals surface area contributed by atoms with Crippen LogP contribution in [0.25, 0.3) is 0 Å². The molecule has 0 spiro atoms. The largest absolute Gasteiger partial charge is 0.481 e. The predicted molar refractivity (Wildman–Crippen MR) is 69.8 cm³/mol. The average Bonchev–Trinajstić information content (AvgIpc) is 2.50. The van der Waals surface area contributed by atoms with Crippen molar-refractivity contribution in [3.8, 4) is 0 Å². The highest BCUT2D eigenvalue weighted by atomic mass is 16.6. The first-order valence-electron chi connectivity index (χ1n) is 6.94. The molecule has 1 saturated heterocycles. The summed E-state index contributed by atoms with van der Waals surface area (Å²) in [5.41, 5.74) is -0.478. The normalized spacial score (nSPS) is 30.3. The summed E-state index contributed by atoms with van der Waals surface area (Å²) in [7, 11) is 0. The quantitative estimate of drug-likeness (QED) is 0.835. The lowest BCUT2D eigenvalue weighted by Crippen LogP contribution is -2.44. The van der Waals surface area contributed by atoms with Crippen molar-refractivity contribution >= 4 is 12.1 Å². The number of likely N-dealkylation sites (tertiary alicyclic amines) is 1. The van der Waals surface area contributed by atoms with Crippen LogP contribution in [0.5, 0.6) is 0 Å². The Morgan fingerprint density at radius 3 is 2.53 bits per heavy atom. The maximum Gasteiger partial charge on any atom is 0.410 e. The average molecular weight is 269 g/mol. The third kappa shape index (κ3) is 3.61. The Balaban J connectivity index is 1.95. The second-order valence-electron chi connectivity index (χ2n) is 6.84. The van der Waals surface area contributed by atoms with Gasteiger partial charge in [0.25, 0.3) is 0 Å². The first-order valence-corrected chi connectivity index (χ1v) is 6.94. The van der Waals surface area contributed by atoms with Gasteiger partial charge in [-0.15, -0.1) is 0 Å². The zero-order chi connectivity index (χ0) is 14.2. The molecule has 0 aromatic carbocycles. The second kappa shape index (κ2) is 5.02. The maximum atomic E-state index is 12.0. The smallest absolute Gasteiger partial charge is 0.410 e. The Morgan fingerprint density at radius 2 is 1.95 bits per heavy atom. The van der Waals surface area contributed by atoms with Crippen LogP contribution in [-0.2, 0) is 9.53 Å². The fourth-order valence-electron chi connectivity index (χ4n) is 3.33. The number of hydrogen-bond donors (Lipinski definition) is 1. The SMILES string of the molecule is CC(C)(C)OC(=O)N1C[C@@H]2C[C@H](CC(=O)O)[C@@H](C2)C1. The Bertz CT molecular complexity index is 374. The van der Waals surface area contributed by atoms with Gasteiger partial charge in [-0.1, -0.05) is 0 Å². The van der Waals surface area contributed by atoms with E-state index in [9.17, 15) is 9.59 Å². The molecule has 0 aromatic rings. The highest BCUT2D eigenvalue weighted by Gasteiger charge is 2.42. The summed E-state index contributed by atoms with van der Waals surface area (Å²) in [5, 5.41) is 8.92. The second-order valence-corrected chi connectivity index (χ2v) is 6.84. The molecule has 2 aliphatic rings. The van der Waals surface area contributed by atoms with E-state index in [-0.39, 0.29) is 18.4 Å². The third-order valence-corrected chi connectivity index (χ3v) is 3.96. The number of fused-ring (bicyclic) bond motifs is 2. The van der Waals surface area contributed by atoms with E-state index in [4.69, 9.17) is 9.84 Å².